The zero-order valence-electron chi connectivity index (χ0n) is 11.1. The van der Waals surface area contributed by atoms with Crippen LogP contribution >= 0.6 is 11.3 Å². The number of nitrogens with two attached hydrogens (primary N) is 1. The third-order valence-corrected chi connectivity index (χ3v) is 3.94. The van der Waals surface area contributed by atoms with Gasteiger partial charge in [0.2, 0.25) is 0 Å². The van der Waals surface area contributed by atoms with Crippen LogP contribution in [0, 0.1) is 25.5 Å². The number of hydrogen-bond acceptors (Lipinski definition) is 3. The van der Waals surface area contributed by atoms with Gasteiger partial charge in [-0.15, -0.1) is 11.3 Å². The molecule has 0 fully saturated rings. The van der Waals surface area contributed by atoms with E-state index in [-0.39, 0.29) is 11.3 Å². The Kier molecular flexibility index (Phi) is 4.04. The van der Waals surface area contributed by atoms with Gasteiger partial charge in [-0.25, -0.2) is 8.78 Å². The van der Waals surface area contributed by atoms with Gasteiger partial charge in [-0.05, 0) is 31.5 Å². The minimum absolute atomic E-state index is 0.0588. The number of thiophene rings is 1. The molecule has 0 aliphatic carbocycles. The SMILES string of the molecule is Cc1cc(CNc2cc(C(N)=O)c(F)cc2F)c(C)s1. The Labute approximate surface area is 119 Å². The Morgan fingerprint density at radius 1 is 1.25 bits per heavy atom. The minimum atomic E-state index is -0.955. The second kappa shape index (κ2) is 5.58. The first kappa shape index (κ1) is 14.5. The number of nitrogens with one attached hydrogen (secondary N) is 1. The predicted octanol–water partition coefficient (Wildman–Crippen LogP) is 3.35. The Bertz CT molecular complexity index is 667. The second-order valence-corrected chi connectivity index (χ2v) is 5.93. The molecule has 0 aliphatic rings. The van der Waals surface area contributed by atoms with Gasteiger partial charge in [-0.1, -0.05) is 0 Å². The molecule has 1 amide bonds. The van der Waals surface area contributed by atoms with Crippen molar-refractivity contribution >= 4 is 22.9 Å². The third kappa shape index (κ3) is 2.96. The zero-order chi connectivity index (χ0) is 14.9. The summed E-state index contributed by atoms with van der Waals surface area (Å²) < 4.78 is 27.0. The Hall–Kier alpha value is -1.95. The molecule has 6 heteroatoms. The summed E-state index contributed by atoms with van der Waals surface area (Å²) in [6.07, 6.45) is 0. The van der Waals surface area contributed by atoms with Crippen molar-refractivity contribution in [2.45, 2.75) is 20.4 Å². The fraction of sp³-hybridized carbons (Fsp3) is 0.214. The summed E-state index contributed by atoms with van der Waals surface area (Å²) in [7, 11) is 0. The average Bonchev–Trinajstić information content (AvgIpc) is 2.66. The number of benzene rings is 1. The molecular formula is C14H14F2N2OS. The molecule has 0 aliphatic heterocycles. The van der Waals surface area contributed by atoms with E-state index in [1.165, 1.54) is 0 Å². The normalized spacial score (nSPS) is 10.6. The lowest BCUT2D eigenvalue weighted by molar-refractivity contribution is 0.0996. The van der Waals surface area contributed by atoms with Gasteiger partial charge in [0, 0.05) is 22.4 Å². The van der Waals surface area contributed by atoms with Crippen molar-refractivity contribution in [3.05, 3.63) is 50.7 Å². The number of anilines is 1. The van der Waals surface area contributed by atoms with Crippen molar-refractivity contribution in [1.82, 2.24) is 0 Å². The van der Waals surface area contributed by atoms with E-state index in [0.717, 1.165) is 21.4 Å². The maximum absolute atomic E-state index is 13.7. The first-order chi connectivity index (χ1) is 9.38. The number of aryl methyl sites for hydroxylation is 2. The van der Waals surface area contributed by atoms with Crippen molar-refractivity contribution < 1.29 is 13.6 Å². The van der Waals surface area contributed by atoms with Crippen LogP contribution in [-0.2, 0) is 6.54 Å². The molecule has 1 aromatic carbocycles. The largest absolute Gasteiger partial charge is 0.379 e. The van der Waals surface area contributed by atoms with Crippen LogP contribution in [0.2, 0.25) is 0 Å². The van der Waals surface area contributed by atoms with E-state index in [4.69, 9.17) is 5.73 Å². The monoisotopic (exact) mass is 296 g/mol. The number of rotatable bonds is 4. The highest BCUT2D eigenvalue weighted by atomic mass is 32.1. The lowest BCUT2D eigenvalue weighted by Gasteiger charge is -2.09. The van der Waals surface area contributed by atoms with Crippen LogP contribution in [0.25, 0.3) is 0 Å². The molecule has 0 unspecified atom stereocenters. The van der Waals surface area contributed by atoms with E-state index in [1.54, 1.807) is 11.3 Å². The smallest absolute Gasteiger partial charge is 0.251 e. The summed E-state index contributed by atoms with van der Waals surface area (Å²) in [5, 5.41) is 2.86. The summed E-state index contributed by atoms with van der Waals surface area (Å²) in [4.78, 5) is 13.3. The van der Waals surface area contributed by atoms with Crippen LogP contribution in [0.4, 0.5) is 14.5 Å². The zero-order valence-corrected chi connectivity index (χ0v) is 11.9. The highest BCUT2D eigenvalue weighted by molar-refractivity contribution is 7.12. The molecule has 0 radical (unpaired) electrons. The molecule has 3 N–H and O–H groups in total. The standard InChI is InChI=1S/C14H14F2N2OS/c1-7-3-9(8(2)20-7)6-18-13-4-10(14(17)19)11(15)5-12(13)16/h3-5,18H,6H2,1-2H3,(H2,17,19). The van der Waals surface area contributed by atoms with E-state index in [1.807, 2.05) is 19.9 Å². The maximum atomic E-state index is 13.7. The molecule has 0 spiro atoms. The quantitative estimate of drug-likeness (QED) is 0.909. The summed E-state index contributed by atoms with van der Waals surface area (Å²) in [5.74, 6) is -2.63. The number of carbonyl (C=O) groups excluding carboxylic acids is 1. The minimum Gasteiger partial charge on any atom is -0.379 e. The molecule has 2 aromatic rings. The molecule has 0 bridgehead atoms. The lowest BCUT2D eigenvalue weighted by atomic mass is 10.1. The molecule has 1 heterocycles. The van der Waals surface area contributed by atoms with Gasteiger partial charge >= 0.3 is 0 Å². The molecule has 3 nitrogen and oxygen atoms in total. The van der Waals surface area contributed by atoms with Gasteiger partial charge in [0.15, 0.2) is 0 Å². The highest BCUT2D eigenvalue weighted by Gasteiger charge is 2.14. The van der Waals surface area contributed by atoms with Gasteiger partial charge in [-0.3, -0.25) is 4.79 Å². The molecule has 20 heavy (non-hydrogen) atoms. The van der Waals surface area contributed by atoms with Crippen LogP contribution in [-0.4, -0.2) is 5.91 Å². The van der Waals surface area contributed by atoms with Crippen molar-refractivity contribution in [3.8, 4) is 0 Å². The fourth-order valence-electron chi connectivity index (χ4n) is 1.92. The third-order valence-electron chi connectivity index (χ3n) is 2.94. The van der Waals surface area contributed by atoms with Crippen molar-refractivity contribution in [2.24, 2.45) is 5.73 Å². The summed E-state index contributed by atoms with van der Waals surface area (Å²) in [6, 6.07) is 3.76. The molecule has 1 aromatic heterocycles. The second-order valence-electron chi connectivity index (χ2n) is 4.47. The van der Waals surface area contributed by atoms with Gasteiger partial charge < -0.3 is 11.1 Å². The van der Waals surface area contributed by atoms with Gasteiger partial charge in [0.05, 0.1) is 11.3 Å². The van der Waals surface area contributed by atoms with Crippen LogP contribution < -0.4 is 11.1 Å². The average molecular weight is 296 g/mol. The molecule has 0 saturated heterocycles. The Morgan fingerprint density at radius 3 is 2.50 bits per heavy atom. The number of hydrogen-bond donors (Lipinski definition) is 2. The molecule has 106 valence electrons. The van der Waals surface area contributed by atoms with E-state index in [2.05, 4.69) is 5.32 Å². The lowest BCUT2D eigenvalue weighted by Crippen LogP contribution is -2.14. The summed E-state index contributed by atoms with van der Waals surface area (Å²) in [5.41, 5.74) is 5.81. The molecule has 2 rings (SSSR count). The number of halogens is 2. The number of primary amides is 1. The fourth-order valence-corrected chi connectivity index (χ4v) is 2.87. The van der Waals surface area contributed by atoms with Crippen molar-refractivity contribution in [1.29, 1.82) is 0 Å². The molecule has 0 atom stereocenters. The van der Waals surface area contributed by atoms with E-state index in [0.29, 0.717) is 12.6 Å². The van der Waals surface area contributed by atoms with Gasteiger partial charge in [-0.2, -0.15) is 0 Å². The van der Waals surface area contributed by atoms with Crippen LogP contribution in [0.5, 0.6) is 0 Å². The van der Waals surface area contributed by atoms with Crippen LogP contribution in [0.3, 0.4) is 0 Å². The first-order valence-corrected chi connectivity index (χ1v) is 6.78. The number of carbonyl (C=O) groups is 1. The van der Waals surface area contributed by atoms with Gasteiger partial charge in [0.1, 0.15) is 11.6 Å². The van der Waals surface area contributed by atoms with Gasteiger partial charge in [0.25, 0.3) is 5.91 Å². The van der Waals surface area contributed by atoms with E-state index < -0.39 is 17.5 Å². The topological polar surface area (TPSA) is 55.1 Å². The Morgan fingerprint density at radius 2 is 1.95 bits per heavy atom. The molecule has 0 saturated carbocycles. The molecular weight excluding hydrogens is 282 g/mol. The van der Waals surface area contributed by atoms with Crippen LogP contribution in [0.1, 0.15) is 25.7 Å². The summed E-state index contributed by atoms with van der Waals surface area (Å²) in [6.45, 7) is 4.37. The Balaban J connectivity index is 2.23. The van der Waals surface area contributed by atoms with Crippen LogP contribution in [0.15, 0.2) is 18.2 Å². The van der Waals surface area contributed by atoms with Crippen molar-refractivity contribution in [3.63, 3.8) is 0 Å². The summed E-state index contributed by atoms with van der Waals surface area (Å²) >= 11 is 1.65. The van der Waals surface area contributed by atoms with E-state index in [9.17, 15) is 13.6 Å². The first-order valence-electron chi connectivity index (χ1n) is 5.97. The van der Waals surface area contributed by atoms with Crippen molar-refractivity contribution in [2.75, 3.05) is 5.32 Å². The number of amides is 1. The predicted molar refractivity (Wildman–Crippen MR) is 76.0 cm³/mol. The highest BCUT2D eigenvalue weighted by Crippen LogP contribution is 2.24. The van der Waals surface area contributed by atoms with E-state index >= 15 is 0 Å². The maximum Gasteiger partial charge on any atom is 0.251 e.